The van der Waals surface area contributed by atoms with Crippen molar-refractivity contribution in [3.63, 3.8) is 0 Å². The Morgan fingerprint density at radius 2 is 1.73 bits per heavy atom. The molecule has 1 N–H and O–H groups in total. The molecule has 0 atom stereocenters. The van der Waals surface area contributed by atoms with E-state index in [0.29, 0.717) is 29.6 Å². The lowest BCUT2D eigenvalue weighted by Crippen LogP contribution is -2.31. The van der Waals surface area contributed by atoms with Crippen LogP contribution >= 0.6 is 11.8 Å². The van der Waals surface area contributed by atoms with Crippen LogP contribution in [0.2, 0.25) is 0 Å². The molecule has 3 aromatic carbocycles. The second-order valence-corrected chi connectivity index (χ2v) is 10.5. The first-order chi connectivity index (χ1) is 20.1. The first-order valence-corrected chi connectivity index (χ1v) is 14.3. The molecule has 0 saturated carbocycles. The summed E-state index contributed by atoms with van der Waals surface area (Å²) in [6.45, 7) is 3.10. The Labute approximate surface area is 243 Å². The van der Waals surface area contributed by atoms with Gasteiger partial charge in [-0.1, -0.05) is 18.2 Å². The summed E-state index contributed by atoms with van der Waals surface area (Å²) in [5, 5.41) is 1.83. The zero-order valence-corrected chi connectivity index (χ0v) is 23.7. The number of nitrogens with one attached hydrogen (secondary N) is 1. The summed E-state index contributed by atoms with van der Waals surface area (Å²) in [6.07, 6.45) is 6.67. The number of aromatic amines is 1. The number of rotatable bonds is 9. The molecule has 41 heavy (non-hydrogen) atoms. The molecular weight excluding hydrogens is 532 g/mol. The topological polar surface area (TPSA) is 71.8 Å². The van der Waals surface area contributed by atoms with Crippen LogP contribution in [-0.2, 0) is 11.2 Å². The van der Waals surface area contributed by atoms with E-state index < -0.39 is 0 Å². The van der Waals surface area contributed by atoms with Gasteiger partial charge < -0.3 is 19.0 Å². The Bertz CT molecular complexity index is 1730. The number of benzene rings is 3. The van der Waals surface area contributed by atoms with Crippen LogP contribution in [0.15, 0.2) is 107 Å². The summed E-state index contributed by atoms with van der Waals surface area (Å²) in [5.41, 5.74) is 4.92. The second kappa shape index (κ2) is 11.8. The Balaban J connectivity index is 1.30. The summed E-state index contributed by atoms with van der Waals surface area (Å²) < 4.78 is 12.9. The van der Waals surface area contributed by atoms with Gasteiger partial charge in [-0.15, -0.1) is 0 Å². The van der Waals surface area contributed by atoms with Crippen LogP contribution < -0.4 is 9.47 Å². The van der Waals surface area contributed by atoms with Crippen LogP contribution in [0.4, 0.5) is 5.69 Å². The number of amides is 1. The first kappa shape index (κ1) is 26.5. The molecular formula is C33H30N4O3S. The summed E-state index contributed by atoms with van der Waals surface area (Å²) in [7, 11) is 1.64. The Morgan fingerprint density at radius 3 is 2.51 bits per heavy atom. The highest BCUT2D eigenvalue weighted by Gasteiger charge is 2.33. The fourth-order valence-electron chi connectivity index (χ4n) is 4.88. The molecule has 6 rings (SSSR count). The summed E-state index contributed by atoms with van der Waals surface area (Å²) in [6, 6.07) is 27.7. The molecule has 1 amide bonds. The molecule has 206 valence electrons. The number of carbonyl (C=O) groups excluding carboxylic acids is 1. The molecule has 0 radical (unpaired) electrons. The maximum Gasteiger partial charge on any atom is 0.266 e. The number of hydrogen-bond donors (Lipinski definition) is 1. The maximum atomic E-state index is 13.8. The number of amidine groups is 1. The lowest BCUT2D eigenvalue weighted by Gasteiger charge is -2.15. The number of para-hydroxylation sites is 1. The molecule has 1 saturated heterocycles. The highest BCUT2D eigenvalue weighted by molar-refractivity contribution is 8.18. The third kappa shape index (κ3) is 5.64. The third-order valence-electron chi connectivity index (χ3n) is 6.95. The van der Waals surface area contributed by atoms with Gasteiger partial charge in [0.05, 0.1) is 24.3 Å². The zero-order chi connectivity index (χ0) is 28.2. The van der Waals surface area contributed by atoms with Crippen molar-refractivity contribution in [2.45, 2.75) is 13.3 Å². The van der Waals surface area contributed by atoms with Crippen LogP contribution in [0.25, 0.3) is 22.7 Å². The van der Waals surface area contributed by atoms with E-state index in [-0.39, 0.29) is 5.91 Å². The van der Waals surface area contributed by atoms with E-state index in [1.807, 2.05) is 98.2 Å². The average molecular weight is 563 g/mol. The van der Waals surface area contributed by atoms with Crippen molar-refractivity contribution in [1.82, 2.24) is 14.5 Å². The number of aromatic nitrogens is 2. The van der Waals surface area contributed by atoms with E-state index in [1.165, 1.54) is 22.7 Å². The summed E-state index contributed by atoms with van der Waals surface area (Å²) in [5.74, 6) is 1.53. The van der Waals surface area contributed by atoms with Crippen molar-refractivity contribution in [2.75, 3.05) is 20.3 Å². The third-order valence-corrected chi connectivity index (χ3v) is 7.96. The van der Waals surface area contributed by atoms with Crippen LogP contribution in [0.5, 0.6) is 11.5 Å². The van der Waals surface area contributed by atoms with Gasteiger partial charge in [0.15, 0.2) is 5.17 Å². The minimum Gasteiger partial charge on any atom is -0.497 e. The van der Waals surface area contributed by atoms with Gasteiger partial charge >= 0.3 is 0 Å². The standard InChI is InChI=1S/C33H30N4O3S/c1-3-40-28-16-12-25(13-17-28)36-19-6-7-26(36)21-31-32(38)37(20-18-23-22-34-30-9-5-4-8-29(23)30)33(41-31)35-24-10-14-27(39-2)15-11-24/h4-17,19,21-22,34H,3,18,20H2,1-2H3/b31-21-,35-33?. The zero-order valence-electron chi connectivity index (χ0n) is 22.9. The smallest absolute Gasteiger partial charge is 0.266 e. The van der Waals surface area contributed by atoms with Crippen molar-refractivity contribution in [3.8, 4) is 17.2 Å². The average Bonchev–Trinajstić information content (AvgIpc) is 3.71. The monoisotopic (exact) mass is 562 g/mol. The van der Waals surface area contributed by atoms with Crippen molar-refractivity contribution in [3.05, 3.63) is 113 Å². The molecule has 8 heteroatoms. The molecule has 0 aliphatic carbocycles. The van der Waals surface area contributed by atoms with E-state index in [4.69, 9.17) is 14.5 Å². The highest BCUT2D eigenvalue weighted by atomic mass is 32.2. The molecule has 1 fully saturated rings. The van der Waals surface area contributed by atoms with Crippen LogP contribution in [-0.4, -0.2) is 45.8 Å². The van der Waals surface area contributed by atoms with Gasteiger partial charge in [0.2, 0.25) is 0 Å². The molecule has 1 aliphatic heterocycles. The Morgan fingerprint density at radius 1 is 0.951 bits per heavy atom. The van der Waals surface area contributed by atoms with Gasteiger partial charge in [0.25, 0.3) is 5.91 Å². The van der Waals surface area contributed by atoms with Crippen molar-refractivity contribution in [2.24, 2.45) is 4.99 Å². The minimum absolute atomic E-state index is 0.0541. The van der Waals surface area contributed by atoms with Gasteiger partial charge in [-0.2, -0.15) is 0 Å². The van der Waals surface area contributed by atoms with Gasteiger partial charge in [0, 0.05) is 41.2 Å². The van der Waals surface area contributed by atoms with Gasteiger partial charge in [-0.25, -0.2) is 4.99 Å². The molecule has 5 aromatic rings. The van der Waals surface area contributed by atoms with Gasteiger partial charge in [0.1, 0.15) is 11.5 Å². The van der Waals surface area contributed by atoms with Crippen LogP contribution in [0.3, 0.4) is 0 Å². The lowest BCUT2D eigenvalue weighted by atomic mass is 10.1. The fourth-order valence-corrected chi connectivity index (χ4v) is 5.89. The molecule has 0 bridgehead atoms. The molecule has 0 unspecified atom stereocenters. The fraction of sp³-hybridized carbons (Fsp3) is 0.152. The van der Waals surface area contributed by atoms with Crippen LogP contribution in [0, 0.1) is 0 Å². The van der Waals surface area contributed by atoms with Gasteiger partial charge in [-0.3, -0.25) is 9.69 Å². The number of nitrogens with zero attached hydrogens (tertiary/aromatic N) is 3. The number of fused-ring (bicyclic) bond motifs is 1. The Hall–Kier alpha value is -4.69. The van der Waals surface area contributed by atoms with Gasteiger partial charge in [-0.05, 0) is 103 Å². The number of ether oxygens (including phenoxy) is 2. The van der Waals surface area contributed by atoms with E-state index in [0.717, 1.165) is 34.1 Å². The maximum absolute atomic E-state index is 13.8. The number of thioether (sulfide) groups is 1. The van der Waals surface area contributed by atoms with Crippen molar-refractivity contribution < 1.29 is 14.3 Å². The predicted molar refractivity (Wildman–Crippen MR) is 166 cm³/mol. The summed E-state index contributed by atoms with van der Waals surface area (Å²) in [4.78, 5) is 24.4. The second-order valence-electron chi connectivity index (χ2n) is 9.50. The number of hydrogen-bond acceptors (Lipinski definition) is 5. The number of carbonyl (C=O) groups is 1. The quantitative estimate of drug-likeness (QED) is 0.193. The van der Waals surface area contributed by atoms with Crippen LogP contribution in [0.1, 0.15) is 18.2 Å². The predicted octanol–water partition coefficient (Wildman–Crippen LogP) is 7.21. The van der Waals surface area contributed by atoms with Crippen molar-refractivity contribution in [1.29, 1.82) is 0 Å². The van der Waals surface area contributed by atoms with E-state index in [2.05, 4.69) is 21.7 Å². The lowest BCUT2D eigenvalue weighted by molar-refractivity contribution is -0.122. The van der Waals surface area contributed by atoms with E-state index >= 15 is 0 Å². The van der Waals surface area contributed by atoms with E-state index in [9.17, 15) is 4.79 Å². The molecule has 3 heterocycles. The highest BCUT2D eigenvalue weighted by Crippen LogP contribution is 2.35. The SMILES string of the molecule is CCOc1ccc(-n2cccc2/C=C2\SC(=Nc3ccc(OC)cc3)N(CCc3c[nH]c4ccccc34)C2=O)cc1. The molecule has 7 nitrogen and oxygen atoms in total. The first-order valence-electron chi connectivity index (χ1n) is 13.5. The normalized spacial score (nSPS) is 15.4. The largest absolute Gasteiger partial charge is 0.497 e. The molecule has 0 spiro atoms. The summed E-state index contributed by atoms with van der Waals surface area (Å²) >= 11 is 1.40. The minimum atomic E-state index is -0.0541. The number of methoxy groups -OCH3 is 1. The molecule has 1 aliphatic rings. The Kier molecular flexibility index (Phi) is 7.65. The number of H-pyrrole nitrogens is 1. The molecule has 2 aromatic heterocycles. The van der Waals surface area contributed by atoms with E-state index in [1.54, 1.807) is 12.0 Å². The van der Waals surface area contributed by atoms with Crippen molar-refractivity contribution >= 4 is 45.5 Å². The number of aliphatic imine (C=N–C) groups is 1.